The molecule has 0 aliphatic heterocycles. The molecule has 0 radical (unpaired) electrons. The SMILES string of the molecule is COC(=O)CCN(CCc1ccc(F)cc1)C(=O)c1cc(OC)cc(OC)c1. The predicted octanol–water partition coefficient (Wildman–Crippen LogP) is 3.09. The van der Waals surface area contributed by atoms with Crippen molar-refractivity contribution in [1.29, 1.82) is 0 Å². The van der Waals surface area contributed by atoms with E-state index in [0.29, 0.717) is 30.0 Å². The van der Waals surface area contributed by atoms with Gasteiger partial charge in [0.05, 0.1) is 27.8 Å². The van der Waals surface area contributed by atoms with Crippen molar-refractivity contribution < 1.29 is 28.2 Å². The second-order valence-corrected chi connectivity index (χ2v) is 6.10. The second kappa shape index (κ2) is 10.3. The van der Waals surface area contributed by atoms with Gasteiger partial charge in [-0.25, -0.2) is 4.39 Å². The first-order valence-electron chi connectivity index (χ1n) is 8.80. The van der Waals surface area contributed by atoms with Crippen LogP contribution in [0.4, 0.5) is 4.39 Å². The highest BCUT2D eigenvalue weighted by Crippen LogP contribution is 2.23. The third kappa shape index (κ3) is 5.97. The van der Waals surface area contributed by atoms with Crippen LogP contribution >= 0.6 is 0 Å². The lowest BCUT2D eigenvalue weighted by atomic mass is 10.1. The topological polar surface area (TPSA) is 65.1 Å². The maximum atomic E-state index is 13.1. The molecule has 2 rings (SSSR count). The van der Waals surface area contributed by atoms with Gasteiger partial charge in [0.2, 0.25) is 0 Å². The molecule has 0 saturated heterocycles. The highest BCUT2D eigenvalue weighted by Gasteiger charge is 2.19. The molecular weight excluding hydrogens is 365 g/mol. The molecule has 28 heavy (non-hydrogen) atoms. The van der Waals surface area contributed by atoms with Gasteiger partial charge in [-0.2, -0.15) is 0 Å². The lowest BCUT2D eigenvalue weighted by molar-refractivity contribution is -0.140. The number of carbonyl (C=O) groups excluding carboxylic acids is 2. The number of methoxy groups -OCH3 is 3. The van der Waals surface area contributed by atoms with E-state index in [1.165, 1.54) is 33.5 Å². The van der Waals surface area contributed by atoms with Gasteiger partial charge in [0.1, 0.15) is 17.3 Å². The molecule has 0 N–H and O–H groups in total. The molecule has 150 valence electrons. The van der Waals surface area contributed by atoms with Gasteiger partial charge in [-0.1, -0.05) is 12.1 Å². The number of carbonyl (C=O) groups is 2. The monoisotopic (exact) mass is 389 g/mol. The van der Waals surface area contributed by atoms with Gasteiger partial charge in [0.15, 0.2) is 0 Å². The van der Waals surface area contributed by atoms with E-state index in [2.05, 4.69) is 4.74 Å². The summed E-state index contributed by atoms with van der Waals surface area (Å²) in [5, 5.41) is 0. The summed E-state index contributed by atoms with van der Waals surface area (Å²) in [5.41, 5.74) is 1.28. The highest BCUT2D eigenvalue weighted by molar-refractivity contribution is 5.95. The Bertz CT molecular complexity index is 785. The first kappa shape index (κ1) is 21.2. The predicted molar refractivity (Wildman–Crippen MR) is 102 cm³/mol. The Kier molecular flexibility index (Phi) is 7.80. The molecular formula is C21H24FNO5. The zero-order valence-electron chi connectivity index (χ0n) is 16.2. The minimum Gasteiger partial charge on any atom is -0.497 e. The number of hydrogen-bond donors (Lipinski definition) is 0. The van der Waals surface area contributed by atoms with Crippen LogP contribution in [0.1, 0.15) is 22.3 Å². The van der Waals surface area contributed by atoms with Crippen molar-refractivity contribution in [3.8, 4) is 11.5 Å². The van der Waals surface area contributed by atoms with Crippen molar-refractivity contribution in [1.82, 2.24) is 4.90 Å². The number of rotatable bonds is 9. The summed E-state index contributed by atoms with van der Waals surface area (Å²) in [5.74, 6) is 0.0141. The Labute approximate surface area is 163 Å². The number of ether oxygens (including phenoxy) is 3. The minimum atomic E-state index is -0.400. The molecule has 0 saturated carbocycles. The van der Waals surface area contributed by atoms with Crippen LogP contribution in [0.2, 0.25) is 0 Å². The molecule has 0 unspecified atom stereocenters. The number of nitrogens with zero attached hydrogens (tertiary/aromatic N) is 1. The Balaban J connectivity index is 2.20. The van der Waals surface area contributed by atoms with E-state index >= 15 is 0 Å². The van der Waals surface area contributed by atoms with E-state index < -0.39 is 5.97 Å². The molecule has 0 aromatic heterocycles. The molecule has 0 heterocycles. The summed E-state index contributed by atoms with van der Waals surface area (Å²) < 4.78 is 28.2. The van der Waals surface area contributed by atoms with E-state index in [1.807, 2.05) is 0 Å². The molecule has 2 aromatic rings. The summed E-state index contributed by atoms with van der Waals surface area (Å²) in [6, 6.07) is 11.0. The van der Waals surface area contributed by atoms with Gasteiger partial charge < -0.3 is 19.1 Å². The molecule has 0 aliphatic rings. The number of amides is 1. The van der Waals surface area contributed by atoms with Crippen molar-refractivity contribution in [3.63, 3.8) is 0 Å². The molecule has 2 aromatic carbocycles. The smallest absolute Gasteiger partial charge is 0.307 e. The zero-order valence-corrected chi connectivity index (χ0v) is 16.2. The van der Waals surface area contributed by atoms with Gasteiger partial charge in [-0.3, -0.25) is 9.59 Å². The molecule has 7 heteroatoms. The van der Waals surface area contributed by atoms with E-state index in [9.17, 15) is 14.0 Å². The van der Waals surface area contributed by atoms with Crippen LogP contribution in [-0.2, 0) is 16.0 Å². The fourth-order valence-electron chi connectivity index (χ4n) is 2.67. The molecule has 0 spiro atoms. The molecule has 1 amide bonds. The van der Waals surface area contributed by atoms with Crippen LogP contribution in [-0.4, -0.2) is 51.2 Å². The molecule has 0 fully saturated rings. The maximum absolute atomic E-state index is 13.1. The van der Waals surface area contributed by atoms with Crippen molar-refractivity contribution in [3.05, 3.63) is 59.4 Å². The van der Waals surface area contributed by atoms with Gasteiger partial charge in [-0.05, 0) is 36.2 Å². The number of esters is 1. The Hall–Kier alpha value is -3.09. The average Bonchev–Trinajstić information content (AvgIpc) is 2.73. The fraction of sp³-hybridized carbons (Fsp3) is 0.333. The van der Waals surface area contributed by atoms with E-state index in [4.69, 9.17) is 9.47 Å². The average molecular weight is 389 g/mol. The number of benzene rings is 2. The van der Waals surface area contributed by atoms with Crippen LogP contribution < -0.4 is 9.47 Å². The molecule has 0 bridgehead atoms. The summed E-state index contributed by atoms with van der Waals surface area (Å²) >= 11 is 0. The zero-order chi connectivity index (χ0) is 20.5. The minimum absolute atomic E-state index is 0.0762. The van der Waals surface area contributed by atoms with Gasteiger partial charge in [0.25, 0.3) is 5.91 Å². The van der Waals surface area contributed by atoms with Crippen LogP contribution in [0.15, 0.2) is 42.5 Å². The van der Waals surface area contributed by atoms with Crippen molar-refractivity contribution >= 4 is 11.9 Å². The van der Waals surface area contributed by atoms with Gasteiger partial charge in [-0.15, -0.1) is 0 Å². The van der Waals surface area contributed by atoms with Crippen LogP contribution in [0.3, 0.4) is 0 Å². The molecule has 6 nitrogen and oxygen atoms in total. The highest BCUT2D eigenvalue weighted by atomic mass is 19.1. The van der Waals surface area contributed by atoms with Crippen molar-refractivity contribution in [2.75, 3.05) is 34.4 Å². The first-order chi connectivity index (χ1) is 13.5. The fourth-order valence-corrected chi connectivity index (χ4v) is 2.67. The quantitative estimate of drug-likeness (QED) is 0.617. The number of hydrogen-bond acceptors (Lipinski definition) is 5. The summed E-state index contributed by atoms with van der Waals surface area (Å²) in [7, 11) is 4.32. The summed E-state index contributed by atoms with van der Waals surface area (Å²) in [6.45, 7) is 0.563. The van der Waals surface area contributed by atoms with Crippen LogP contribution in [0, 0.1) is 5.82 Å². The van der Waals surface area contributed by atoms with Crippen LogP contribution in [0.5, 0.6) is 11.5 Å². The van der Waals surface area contributed by atoms with Gasteiger partial charge >= 0.3 is 5.97 Å². The Morgan fingerprint density at radius 1 is 0.929 bits per heavy atom. The lowest BCUT2D eigenvalue weighted by Crippen LogP contribution is -2.35. The third-order valence-electron chi connectivity index (χ3n) is 4.28. The van der Waals surface area contributed by atoms with E-state index in [0.717, 1.165) is 5.56 Å². The maximum Gasteiger partial charge on any atom is 0.307 e. The third-order valence-corrected chi connectivity index (χ3v) is 4.28. The van der Waals surface area contributed by atoms with E-state index in [-0.39, 0.29) is 24.7 Å². The standard InChI is InChI=1S/C21H24FNO5/c1-26-18-12-16(13-19(14-18)27-2)21(25)23(11-9-20(24)28-3)10-8-15-4-6-17(22)7-5-15/h4-7,12-14H,8-11H2,1-3H3. The summed E-state index contributed by atoms with van der Waals surface area (Å²) in [4.78, 5) is 26.2. The molecule has 0 aliphatic carbocycles. The van der Waals surface area contributed by atoms with E-state index in [1.54, 1.807) is 35.2 Å². The number of halogens is 1. The van der Waals surface area contributed by atoms with Crippen molar-refractivity contribution in [2.45, 2.75) is 12.8 Å². The largest absolute Gasteiger partial charge is 0.497 e. The Morgan fingerprint density at radius 2 is 1.54 bits per heavy atom. The van der Waals surface area contributed by atoms with Crippen molar-refractivity contribution in [2.24, 2.45) is 0 Å². The Morgan fingerprint density at radius 3 is 2.07 bits per heavy atom. The van der Waals surface area contributed by atoms with Gasteiger partial charge in [0, 0.05) is 24.7 Å². The summed E-state index contributed by atoms with van der Waals surface area (Å²) in [6.07, 6.45) is 0.598. The van der Waals surface area contributed by atoms with Crippen LogP contribution in [0.25, 0.3) is 0 Å². The second-order valence-electron chi connectivity index (χ2n) is 6.10. The molecule has 0 atom stereocenters. The normalized spacial score (nSPS) is 10.3. The first-order valence-corrected chi connectivity index (χ1v) is 8.80. The lowest BCUT2D eigenvalue weighted by Gasteiger charge is -2.23.